The molecule has 1 aliphatic rings. The summed E-state index contributed by atoms with van der Waals surface area (Å²) >= 11 is 0. The molecular weight excluding hydrogens is 196 g/mol. The number of hydrogen-bond acceptors (Lipinski definition) is 3. The standard InChI is InChI=1S/C10H16N2O3/c1-4-5-7-8(9(13)15-3)6(2)11-10(14)12-7/h7H,4-5H2,1-3H3,(H2,11,12,14). The molecule has 0 spiro atoms. The summed E-state index contributed by atoms with van der Waals surface area (Å²) in [5.74, 6) is -0.390. The van der Waals surface area contributed by atoms with Gasteiger partial charge in [-0.15, -0.1) is 0 Å². The average Bonchev–Trinajstić information content (AvgIpc) is 2.16. The highest BCUT2D eigenvalue weighted by Crippen LogP contribution is 2.17. The molecule has 1 heterocycles. The summed E-state index contributed by atoms with van der Waals surface area (Å²) in [6.07, 6.45) is 1.62. The van der Waals surface area contributed by atoms with E-state index in [1.54, 1.807) is 6.92 Å². The molecule has 1 atom stereocenters. The summed E-state index contributed by atoms with van der Waals surface area (Å²) in [7, 11) is 1.34. The normalized spacial score (nSPS) is 20.7. The van der Waals surface area contributed by atoms with Gasteiger partial charge in [0, 0.05) is 5.70 Å². The second-order valence-corrected chi connectivity index (χ2v) is 3.47. The lowest BCUT2D eigenvalue weighted by molar-refractivity contribution is -0.136. The highest BCUT2D eigenvalue weighted by Gasteiger charge is 2.29. The highest BCUT2D eigenvalue weighted by atomic mass is 16.5. The van der Waals surface area contributed by atoms with Gasteiger partial charge in [-0.25, -0.2) is 9.59 Å². The monoisotopic (exact) mass is 212 g/mol. The van der Waals surface area contributed by atoms with Crippen molar-refractivity contribution in [1.29, 1.82) is 0 Å². The number of nitrogens with one attached hydrogen (secondary N) is 2. The van der Waals surface area contributed by atoms with E-state index >= 15 is 0 Å². The van der Waals surface area contributed by atoms with Crippen molar-refractivity contribution in [3.05, 3.63) is 11.3 Å². The Kier molecular flexibility index (Phi) is 3.71. The summed E-state index contributed by atoms with van der Waals surface area (Å²) in [4.78, 5) is 22.7. The molecule has 1 aliphatic heterocycles. The maximum Gasteiger partial charge on any atom is 0.337 e. The van der Waals surface area contributed by atoms with Crippen LogP contribution in [-0.2, 0) is 9.53 Å². The zero-order valence-electron chi connectivity index (χ0n) is 9.22. The molecule has 5 nitrogen and oxygen atoms in total. The van der Waals surface area contributed by atoms with E-state index in [4.69, 9.17) is 0 Å². The first kappa shape index (κ1) is 11.6. The fourth-order valence-corrected chi connectivity index (χ4v) is 1.68. The van der Waals surface area contributed by atoms with Crippen LogP contribution in [0.4, 0.5) is 4.79 Å². The predicted molar refractivity (Wildman–Crippen MR) is 55.1 cm³/mol. The molecule has 0 aromatic carbocycles. The van der Waals surface area contributed by atoms with Crippen LogP contribution < -0.4 is 10.6 Å². The van der Waals surface area contributed by atoms with Gasteiger partial charge in [0.2, 0.25) is 0 Å². The SMILES string of the molecule is CCCC1NC(=O)NC(C)=C1C(=O)OC. The van der Waals surface area contributed by atoms with Gasteiger partial charge in [-0.1, -0.05) is 13.3 Å². The molecule has 15 heavy (non-hydrogen) atoms. The van der Waals surface area contributed by atoms with Crippen molar-refractivity contribution in [3.63, 3.8) is 0 Å². The van der Waals surface area contributed by atoms with E-state index in [2.05, 4.69) is 15.4 Å². The topological polar surface area (TPSA) is 67.4 Å². The Hall–Kier alpha value is -1.52. The summed E-state index contributed by atoms with van der Waals surface area (Å²) in [6.45, 7) is 3.70. The molecule has 0 saturated heterocycles. The minimum atomic E-state index is -0.390. The maximum absolute atomic E-state index is 11.5. The lowest BCUT2D eigenvalue weighted by Crippen LogP contribution is -2.49. The van der Waals surface area contributed by atoms with Crippen LogP contribution in [0.5, 0.6) is 0 Å². The smallest absolute Gasteiger partial charge is 0.337 e. The highest BCUT2D eigenvalue weighted by molar-refractivity contribution is 5.94. The zero-order chi connectivity index (χ0) is 11.4. The lowest BCUT2D eigenvalue weighted by Gasteiger charge is -2.27. The van der Waals surface area contributed by atoms with Gasteiger partial charge in [0.1, 0.15) is 0 Å². The van der Waals surface area contributed by atoms with Crippen LogP contribution >= 0.6 is 0 Å². The van der Waals surface area contributed by atoms with E-state index < -0.39 is 5.97 Å². The van der Waals surface area contributed by atoms with Crippen molar-refractivity contribution >= 4 is 12.0 Å². The quantitative estimate of drug-likeness (QED) is 0.683. The molecule has 1 rings (SSSR count). The number of esters is 1. The number of allylic oxidation sites excluding steroid dienone is 1. The summed E-state index contributed by atoms with van der Waals surface area (Å²) < 4.78 is 4.68. The number of carbonyl (C=O) groups is 2. The van der Waals surface area contributed by atoms with E-state index in [9.17, 15) is 9.59 Å². The van der Waals surface area contributed by atoms with Gasteiger partial charge in [0.15, 0.2) is 0 Å². The van der Waals surface area contributed by atoms with Gasteiger partial charge in [-0.2, -0.15) is 0 Å². The lowest BCUT2D eigenvalue weighted by atomic mass is 9.99. The van der Waals surface area contributed by atoms with Crippen molar-refractivity contribution in [1.82, 2.24) is 10.6 Å². The number of urea groups is 1. The van der Waals surface area contributed by atoms with Crippen molar-refractivity contribution in [3.8, 4) is 0 Å². The number of amides is 2. The Morgan fingerprint density at radius 3 is 2.73 bits per heavy atom. The fourth-order valence-electron chi connectivity index (χ4n) is 1.68. The Balaban J connectivity index is 2.97. The molecular formula is C10H16N2O3. The summed E-state index contributed by atoms with van der Waals surface area (Å²) in [5, 5.41) is 5.27. The largest absolute Gasteiger partial charge is 0.466 e. The first-order valence-electron chi connectivity index (χ1n) is 4.96. The van der Waals surface area contributed by atoms with Crippen LogP contribution in [0.15, 0.2) is 11.3 Å². The first-order chi connectivity index (χ1) is 7.10. The Morgan fingerprint density at radius 1 is 1.53 bits per heavy atom. The van der Waals surface area contributed by atoms with Crippen LogP contribution in [0, 0.1) is 0 Å². The summed E-state index contributed by atoms with van der Waals surface area (Å²) in [6, 6.07) is -0.505. The van der Waals surface area contributed by atoms with E-state index in [0.29, 0.717) is 11.3 Å². The van der Waals surface area contributed by atoms with Crippen LogP contribution in [0.3, 0.4) is 0 Å². The van der Waals surface area contributed by atoms with Crippen molar-refractivity contribution < 1.29 is 14.3 Å². The molecule has 0 fully saturated rings. The van der Waals surface area contributed by atoms with E-state index in [1.165, 1.54) is 7.11 Å². The predicted octanol–water partition coefficient (Wildman–Crippen LogP) is 0.915. The molecule has 0 aliphatic carbocycles. The second-order valence-electron chi connectivity index (χ2n) is 3.47. The first-order valence-corrected chi connectivity index (χ1v) is 4.96. The third-order valence-corrected chi connectivity index (χ3v) is 2.34. The van der Waals surface area contributed by atoms with Gasteiger partial charge < -0.3 is 15.4 Å². The van der Waals surface area contributed by atoms with Crippen LogP contribution in [-0.4, -0.2) is 25.2 Å². The van der Waals surface area contributed by atoms with Crippen molar-refractivity contribution in [2.75, 3.05) is 7.11 Å². The third-order valence-electron chi connectivity index (χ3n) is 2.34. The molecule has 5 heteroatoms. The van der Waals surface area contributed by atoms with Gasteiger partial charge in [0.05, 0.1) is 18.7 Å². The molecule has 0 saturated carbocycles. The molecule has 0 radical (unpaired) electrons. The summed E-state index contributed by atoms with van der Waals surface area (Å²) in [5.41, 5.74) is 1.09. The average molecular weight is 212 g/mol. The van der Waals surface area contributed by atoms with Crippen LogP contribution in [0.1, 0.15) is 26.7 Å². The molecule has 84 valence electrons. The second kappa shape index (κ2) is 4.82. The number of carbonyl (C=O) groups excluding carboxylic acids is 2. The van der Waals surface area contributed by atoms with E-state index in [-0.39, 0.29) is 12.1 Å². The Morgan fingerprint density at radius 2 is 2.20 bits per heavy atom. The third kappa shape index (κ3) is 2.49. The Labute approximate surface area is 88.9 Å². The van der Waals surface area contributed by atoms with E-state index in [0.717, 1.165) is 12.8 Å². The zero-order valence-corrected chi connectivity index (χ0v) is 9.22. The Bertz CT molecular complexity index is 310. The molecule has 1 unspecified atom stereocenters. The number of methoxy groups -OCH3 is 1. The van der Waals surface area contributed by atoms with Crippen LogP contribution in [0.2, 0.25) is 0 Å². The minimum Gasteiger partial charge on any atom is -0.466 e. The molecule has 2 amide bonds. The maximum atomic E-state index is 11.5. The van der Waals surface area contributed by atoms with Gasteiger partial charge >= 0.3 is 12.0 Å². The number of hydrogen-bond donors (Lipinski definition) is 2. The van der Waals surface area contributed by atoms with Crippen molar-refractivity contribution in [2.45, 2.75) is 32.7 Å². The number of ether oxygens (including phenoxy) is 1. The number of rotatable bonds is 3. The fraction of sp³-hybridized carbons (Fsp3) is 0.600. The molecule has 0 bridgehead atoms. The van der Waals surface area contributed by atoms with Gasteiger partial charge in [-0.3, -0.25) is 0 Å². The van der Waals surface area contributed by atoms with E-state index in [1.807, 2.05) is 6.92 Å². The molecule has 0 aromatic rings. The molecule has 0 aromatic heterocycles. The van der Waals surface area contributed by atoms with Crippen LogP contribution in [0.25, 0.3) is 0 Å². The minimum absolute atomic E-state index is 0.240. The van der Waals surface area contributed by atoms with Gasteiger partial charge in [-0.05, 0) is 13.3 Å². The van der Waals surface area contributed by atoms with Crippen molar-refractivity contribution in [2.24, 2.45) is 0 Å². The van der Waals surface area contributed by atoms with Gasteiger partial charge in [0.25, 0.3) is 0 Å². The molecule has 2 N–H and O–H groups in total.